The van der Waals surface area contributed by atoms with Crippen molar-refractivity contribution in [1.29, 1.82) is 0 Å². The molecule has 0 radical (unpaired) electrons. The summed E-state index contributed by atoms with van der Waals surface area (Å²) < 4.78 is 0. The Bertz CT molecular complexity index is 233. The van der Waals surface area contributed by atoms with Crippen molar-refractivity contribution in [3.8, 4) is 0 Å². The molecule has 2 rings (SSSR count). The lowest BCUT2D eigenvalue weighted by Crippen LogP contribution is -2.55. The van der Waals surface area contributed by atoms with Crippen molar-refractivity contribution in [3.63, 3.8) is 0 Å². The molecule has 1 N–H and O–H groups in total. The smallest absolute Gasteiger partial charge is 0.0433 e. The molecule has 2 heteroatoms. The molecule has 0 aromatic heterocycles. The first-order valence-electron chi connectivity index (χ1n) is 7.51. The molecule has 0 aromatic carbocycles. The minimum absolute atomic E-state index is 0.347. The molecule has 1 aliphatic carbocycles. The molecule has 0 spiro atoms. The molecule has 0 aromatic rings. The number of aliphatic hydroxyl groups excluding tert-OH is 1. The van der Waals surface area contributed by atoms with Gasteiger partial charge in [-0.15, -0.1) is 0 Å². The van der Waals surface area contributed by atoms with Gasteiger partial charge in [-0.05, 0) is 58.4 Å². The zero-order valence-corrected chi connectivity index (χ0v) is 11.6. The maximum absolute atomic E-state index is 9.09. The Kier molecular flexibility index (Phi) is 4.48. The van der Waals surface area contributed by atoms with Crippen LogP contribution in [0.4, 0.5) is 0 Å². The van der Waals surface area contributed by atoms with Gasteiger partial charge in [0, 0.05) is 18.2 Å². The molecule has 0 amide bonds. The summed E-state index contributed by atoms with van der Waals surface area (Å²) >= 11 is 0. The van der Waals surface area contributed by atoms with Crippen molar-refractivity contribution in [1.82, 2.24) is 4.90 Å². The largest absolute Gasteiger partial charge is 0.396 e. The number of likely N-dealkylation sites (tertiary alicyclic amines) is 1. The highest BCUT2D eigenvalue weighted by Crippen LogP contribution is 2.37. The average Bonchev–Trinajstić information content (AvgIpc) is 2.29. The fraction of sp³-hybridized carbons (Fsp3) is 1.00. The van der Waals surface area contributed by atoms with E-state index in [-0.39, 0.29) is 0 Å². The highest BCUT2D eigenvalue weighted by molar-refractivity contribution is 4.93. The predicted octanol–water partition coefficient (Wildman–Crippen LogP) is 3.19. The van der Waals surface area contributed by atoms with E-state index in [0.717, 1.165) is 18.4 Å². The summed E-state index contributed by atoms with van der Waals surface area (Å²) in [5, 5.41) is 9.09. The quantitative estimate of drug-likeness (QED) is 0.817. The van der Waals surface area contributed by atoms with Gasteiger partial charge in [0.15, 0.2) is 0 Å². The van der Waals surface area contributed by atoms with Gasteiger partial charge in [-0.3, -0.25) is 4.90 Å². The van der Waals surface area contributed by atoms with Gasteiger partial charge in [0.05, 0.1) is 0 Å². The van der Waals surface area contributed by atoms with Crippen molar-refractivity contribution < 1.29 is 5.11 Å². The van der Waals surface area contributed by atoms with Gasteiger partial charge in [0.25, 0.3) is 0 Å². The van der Waals surface area contributed by atoms with Crippen LogP contribution in [-0.2, 0) is 0 Å². The van der Waals surface area contributed by atoms with E-state index in [0.29, 0.717) is 12.1 Å². The number of hydrogen-bond acceptors (Lipinski definition) is 2. The van der Waals surface area contributed by atoms with Crippen LogP contribution < -0.4 is 0 Å². The maximum Gasteiger partial charge on any atom is 0.0433 e. The minimum atomic E-state index is 0.347. The second-order valence-electron chi connectivity index (χ2n) is 6.67. The number of piperidine rings is 1. The van der Waals surface area contributed by atoms with E-state index in [2.05, 4.69) is 18.7 Å². The second kappa shape index (κ2) is 5.71. The van der Waals surface area contributed by atoms with Gasteiger partial charge >= 0.3 is 0 Å². The summed E-state index contributed by atoms with van der Waals surface area (Å²) in [4.78, 5) is 2.78. The highest BCUT2D eigenvalue weighted by atomic mass is 16.3. The van der Waals surface area contributed by atoms with Crippen LogP contribution in [0.1, 0.15) is 65.2 Å². The Morgan fingerprint density at radius 2 is 1.82 bits per heavy atom. The fourth-order valence-corrected chi connectivity index (χ4v) is 4.05. The molecule has 1 unspecified atom stereocenters. The first-order valence-corrected chi connectivity index (χ1v) is 7.51. The summed E-state index contributed by atoms with van der Waals surface area (Å²) in [7, 11) is 0. The Morgan fingerprint density at radius 3 is 2.41 bits per heavy atom. The van der Waals surface area contributed by atoms with Crippen molar-refractivity contribution in [2.45, 2.75) is 76.8 Å². The van der Waals surface area contributed by atoms with Crippen LogP contribution in [0.2, 0.25) is 0 Å². The Labute approximate surface area is 106 Å². The first-order chi connectivity index (χ1) is 8.13. The van der Waals surface area contributed by atoms with Gasteiger partial charge in [-0.2, -0.15) is 0 Å². The number of nitrogens with zero attached hydrogens (tertiary/aromatic N) is 1. The molecule has 17 heavy (non-hydrogen) atoms. The van der Waals surface area contributed by atoms with Crippen LogP contribution in [0, 0.1) is 5.92 Å². The van der Waals surface area contributed by atoms with E-state index in [1.807, 2.05) is 0 Å². The SMILES string of the molecule is CC1(C)CC(CCO)CCN1C1CCCCC1. The van der Waals surface area contributed by atoms with Crippen molar-refractivity contribution in [3.05, 3.63) is 0 Å². The normalized spacial score (nSPS) is 31.6. The monoisotopic (exact) mass is 239 g/mol. The first kappa shape index (κ1) is 13.4. The van der Waals surface area contributed by atoms with Gasteiger partial charge < -0.3 is 5.11 Å². The van der Waals surface area contributed by atoms with E-state index < -0.39 is 0 Å². The van der Waals surface area contributed by atoms with E-state index in [9.17, 15) is 0 Å². The van der Waals surface area contributed by atoms with Gasteiger partial charge in [-0.25, -0.2) is 0 Å². The summed E-state index contributed by atoms with van der Waals surface area (Å²) in [5.41, 5.74) is 0.347. The third-order valence-corrected chi connectivity index (χ3v) is 4.90. The van der Waals surface area contributed by atoms with Crippen molar-refractivity contribution >= 4 is 0 Å². The summed E-state index contributed by atoms with van der Waals surface area (Å²) in [6.07, 6.45) is 10.7. The van der Waals surface area contributed by atoms with E-state index in [1.54, 1.807) is 0 Å². The molecule has 1 saturated carbocycles. The standard InChI is InChI=1S/C15H29NO/c1-15(2)12-13(9-11-17)8-10-16(15)14-6-4-3-5-7-14/h13-14,17H,3-12H2,1-2H3. The lowest BCUT2D eigenvalue weighted by molar-refractivity contribution is -0.00792. The molecule has 1 saturated heterocycles. The second-order valence-corrected chi connectivity index (χ2v) is 6.67. The molecule has 1 atom stereocenters. The van der Waals surface area contributed by atoms with Crippen LogP contribution in [-0.4, -0.2) is 34.7 Å². The zero-order chi connectivity index (χ0) is 12.3. The van der Waals surface area contributed by atoms with Crippen LogP contribution in [0.25, 0.3) is 0 Å². The Balaban J connectivity index is 1.94. The van der Waals surface area contributed by atoms with Crippen molar-refractivity contribution in [2.24, 2.45) is 5.92 Å². The fourth-order valence-electron chi connectivity index (χ4n) is 4.05. The molecule has 2 aliphatic rings. The van der Waals surface area contributed by atoms with Crippen LogP contribution >= 0.6 is 0 Å². The lowest BCUT2D eigenvalue weighted by atomic mass is 9.78. The molecular weight excluding hydrogens is 210 g/mol. The van der Waals surface area contributed by atoms with E-state index in [1.165, 1.54) is 51.5 Å². The van der Waals surface area contributed by atoms with Crippen LogP contribution in [0.15, 0.2) is 0 Å². The minimum Gasteiger partial charge on any atom is -0.396 e. The van der Waals surface area contributed by atoms with Gasteiger partial charge in [0.1, 0.15) is 0 Å². The molecular formula is C15H29NO. The summed E-state index contributed by atoms with van der Waals surface area (Å²) in [6, 6.07) is 0.842. The molecule has 1 aliphatic heterocycles. The number of rotatable bonds is 3. The Morgan fingerprint density at radius 1 is 1.12 bits per heavy atom. The lowest BCUT2D eigenvalue weighted by Gasteiger charge is -2.50. The zero-order valence-electron chi connectivity index (χ0n) is 11.6. The number of hydrogen-bond donors (Lipinski definition) is 1. The topological polar surface area (TPSA) is 23.5 Å². The summed E-state index contributed by atoms with van der Waals surface area (Å²) in [6.45, 7) is 6.43. The van der Waals surface area contributed by atoms with Gasteiger partial charge in [-0.1, -0.05) is 19.3 Å². The van der Waals surface area contributed by atoms with E-state index >= 15 is 0 Å². The highest BCUT2D eigenvalue weighted by Gasteiger charge is 2.38. The van der Waals surface area contributed by atoms with E-state index in [4.69, 9.17) is 5.11 Å². The average molecular weight is 239 g/mol. The predicted molar refractivity (Wildman–Crippen MR) is 72.1 cm³/mol. The van der Waals surface area contributed by atoms with Crippen molar-refractivity contribution in [2.75, 3.05) is 13.2 Å². The molecule has 1 heterocycles. The van der Waals surface area contributed by atoms with Crippen LogP contribution in [0.3, 0.4) is 0 Å². The Hall–Kier alpha value is -0.0800. The molecule has 100 valence electrons. The third-order valence-electron chi connectivity index (χ3n) is 4.90. The summed E-state index contributed by atoms with van der Waals surface area (Å²) in [5.74, 6) is 0.745. The van der Waals surface area contributed by atoms with Gasteiger partial charge in [0.2, 0.25) is 0 Å². The van der Waals surface area contributed by atoms with Crippen LogP contribution in [0.5, 0.6) is 0 Å². The number of aliphatic hydroxyl groups is 1. The molecule has 2 fully saturated rings. The third kappa shape index (κ3) is 3.23. The maximum atomic E-state index is 9.09. The molecule has 0 bridgehead atoms. The molecule has 2 nitrogen and oxygen atoms in total.